The Bertz CT molecular complexity index is 678. The van der Waals surface area contributed by atoms with Crippen molar-refractivity contribution < 1.29 is 13.2 Å². The quantitative estimate of drug-likeness (QED) is 0.831. The first kappa shape index (κ1) is 17.9. The number of carbonyl (C=O) groups is 1. The minimum absolute atomic E-state index is 0.265. The molecule has 1 aliphatic heterocycles. The number of nitrogens with two attached hydrogens (primary N) is 1. The third-order valence-corrected chi connectivity index (χ3v) is 6.34. The molecule has 0 radical (unpaired) electrons. The molecule has 1 saturated heterocycles. The van der Waals surface area contributed by atoms with Gasteiger partial charge in [0.25, 0.3) is 0 Å². The van der Waals surface area contributed by atoms with Crippen LogP contribution in [0.15, 0.2) is 17.0 Å². The molecule has 0 bridgehead atoms. The molecule has 128 valence electrons. The van der Waals surface area contributed by atoms with E-state index in [2.05, 4.69) is 5.32 Å². The molecule has 1 fully saturated rings. The molecule has 6 nitrogen and oxygen atoms in total. The number of benzene rings is 1. The number of carbonyl (C=O) groups excluding carboxylic acids is 1. The summed E-state index contributed by atoms with van der Waals surface area (Å²) in [5, 5.41) is 2.70. The number of nitrogens with one attached hydrogen (secondary N) is 1. The van der Waals surface area contributed by atoms with Gasteiger partial charge in [-0.15, -0.1) is 0 Å². The van der Waals surface area contributed by atoms with Gasteiger partial charge in [0.15, 0.2) is 0 Å². The highest BCUT2D eigenvalue weighted by molar-refractivity contribution is 7.89. The topological polar surface area (TPSA) is 92.5 Å². The Morgan fingerprint density at radius 1 is 1.30 bits per heavy atom. The minimum atomic E-state index is -3.69. The maximum atomic E-state index is 13.1. The average molecular weight is 339 g/mol. The van der Waals surface area contributed by atoms with Gasteiger partial charge in [-0.1, -0.05) is 17.7 Å². The Morgan fingerprint density at radius 2 is 1.91 bits per heavy atom. The first-order valence-electron chi connectivity index (χ1n) is 7.86. The zero-order chi connectivity index (χ0) is 17.2. The van der Waals surface area contributed by atoms with Crippen LogP contribution in [0.4, 0.5) is 0 Å². The molecule has 7 heteroatoms. The van der Waals surface area contributed by atoms with Crippen molar-refractivity contribution in [3.05, 3.63) is 28.8 Å². The molecular weight excluding hydrogens is 314 g/mol. The van der Waals surface area contributed by atoms with Crippen LogP contribution in [0.1, 0.15) is 29.5 Å². The summed E-state index contributed by atoms with van der Waals surface area (Å²) in [5.41, 5.74) is 7.86. The number of nitrogens with zero attached hydrogens (tertiary/aromatic N) is 1. The van der Waals surface area contributed by atoms with E-state index in [0.29, 0.717) is 37.4 Å². The molecule has 0 aliphatic carbocycles. The van der Waals surface area contributed by atoms with E-state index in [4.69, 9.17) is 5.73 Å². The highest BCUT2D eigenvalue weighted by Crippen LogP contribution is 2.30. The SMILES string of the molecule is Cc1cc(C)c(S(=O)(=O)N2CCCC2C(=O)NCCN)c(C)c1. The van der Waals surface area contributed by atoms with Crippen LogP contribution >= 0.6 is 0 Å². The lowest BCUT2D eigenvalue weighted by Crippen LogP contribution is -2.47. The van der Waals surface area contributed by atoms with Crippen molar-refractivity contribution in [2.45, 2.75) is 44.6 Å². The summed E-state index contributed by atoms with van der Waals surface area (Å²) in [6, 6.07) is 3.07. The lowest BCUT2D eigenvalue weighted by Gasteiger charge is -2.25. The Hall–Kier alpha value is -1.44. The molecule has 23 heavy (non-hydrogen) atoms. The molecule has 0 aromatic heterocycles. The summed E-state index contributed by atoms with van der Waals surface area (Å²) in [7, 11) is -3.69. The van der Waals surface area contributed by atoms with Gasteiger partial charge < -0.3 is 11.1 Å². The van der Waals surface area contributed by atoms with Crippen LogP contribution in [0.5, 0.6) is 0 Å². The Morgan fingerprint density at radius 3 is 2.48 bits per heavy atom. The smallest absolute Gasteiger partial charge is 0.244 e. The third-order valence-electron chi connectivity index (χ3n) is 4.12. The molecule has 3 N–H and O–H groups in total. The van der Waals surface area contributed by atoms with Crippen LogP contribution in [0, 0.1) is 20.8 Å². The fourth-order valence-electron chi connectivity index (χ4n) is 3.29. The summed E-state index contributed by atoms with van der Waals surface area (Å²) in [5.74, 6) is -0.265. The van der Waals surface area contributed by atoms with Crippen molar-refractivity contribution >= 4 is 15.9 Å². The number of sulfonamides is 1. The lowest BCUT2D eigenvalue weighted by molar-refractivity contribution is -0.124. The van der Waals surface area contributed by atoms with E-state index >= 15 is 0 Å². The Balaban J connectivity index is 2.37. The zero-order valence-corrected chi connectivity index (χ0v) is 14.7. The largest absolute Gasteiger partial charge is 0.353 e. The maximum Gasteiger partial charge on any atom is 0.244 e. The van der Waals surface area contributed by atoms with Crippen molar-refractivity contribution in [2.75, 3.05) is 19.6 Å². The van der Waals surface area contributed by atoms with Gasteiger partial charge in [0.2, 0.25) is 15.9 Å². The molecular formula is C16H25N3O3S. The van der Waals surface area contributed by atoms with Gasteiger partial charge in [0, 0.05) is 19.6 Å². The molecule has 1 aliphatic rings. The van der Waals surface area contributed by atoms with Gasteiger partial charge in [-0.2, -0.15) is 4.31 Å². The first-order chi connectivity index (χ1) is 10.8. The summed E-state index contributed by atoms with van der Waals surface area (Å²) in [6.45, 7) is 6.59. The molecule has 1 aromatic carbocycles. The third kappa shape index (κ3) is 3.57. The second kappa shape index (κ2) is 6.98. The second-order valence-electron chi connectivity index (χ2n) is 6.08. The number of rotatable bonds is 5. The van der Waals surface area contributed by atoms with Crippen LogP contribution in [0.2, 0.25) is 0 Å². The number of aryl methyl sites for hydroxylation is 3. The standard InChI is InChI=1S/C16H25N3O3S/c1-11-9-12(2)15(13(3)10-11)23(21,22)19-8-4-5-14(19)16(20)18-7-6-17/h9-10,14H,4-8,17H2,1-3H3,(H,18,20). The second-order valence-corrected chi connectivity index (χ2v) is 7.91. The van der Waals surface area contributed by atoms with Crippen LogP contribution in [-0.4, -0.2) is 44.3 Å². The molecule has 1 amide bonds. The molecule has 1 aromatic rings. The van der Waals surface area contributed by atoms with Crippen molar-refractivity contribution in [1.82, 2.24) is 9.62 Å². The predicted molar refractivity (Wildman–Crippen MR) is 89.6 cm³/mol. The van der Waals surface area contributed by atoms with Crippen molar-refractivity contribution in [3.63, 3.8) is 0 Å². The number of hydrogen-bond donors (Lipinski definition) is 2. The van der Waals surface area contributed by atoms with E-state index in [1.54, 1.807) is 13.8 Å². The summed E-state index contributed by atoms with van der Waals surface area (Å²) < 4.78 is 27.5. The van der Waals surface area contributed by atoms with E-state index in [0.717, 1.165) is 16.7 Å². The van der Waals surface area contributed by atoms with Gasteiger partial charge >= 0.3 is 0 Å². The average Bonchev–Trinajstić information content (AvgIpc) is 2.93. The lowest BCUT2D eigenvalue weighted by atomic mass is 10.1. The summed E-state index contributed by atoms with van der Waals surface area (Å²) in [6.07, 6.45) is 1.23. The van der Waals surface area contributed by atoms with E-state index < -0.39 is 16.1 Å². The monoisotopic (exact) mass is 339 g/mol. The number of hydrogen-bond acceptors (Lipinski definition) is 4. The van der Waals surface area contributed by atoms with E-state index in [1.807, 2.05) is 19.1 Å². The van der Waals surface area contributed by atoms with E-state index in [9.17, 15) is 13.2 Å². The summed E-state index contributed by atoms with van der Waals surface area (Å²) >= 11 is 0. The maximum absolute atomic E-state index is 13.1. The van der Waals surface area contributed by atoms with Gasteiger partial charge in [-0.05, 0) is 44.7 Å². The van der Waals surface area contributed by atoms with Crippen molar-refractivity contribution in [3.8, 4) is 0 Å². The molecule has 0 saturated carbocycles. The predicted octanol–water partition coefficient (Wildman–Crippen LogP) is 0.840. The summed E-state index contributed by atoms with van der Waals surface area (Å²) in [4.78, 5) is 12.6. The van der Waals surface area contributed by atoms with Gasteiger partial charge in [-0.3, -0.25) is 4.79 Å². The van der Waals surface area contributed by atoms with Crippen molar-refractivity contribution in [1.29, 1.82) is 0 Å². The van der Waals surface area contributed by atoms with Crippen molar-refractivity contribution in [2.24, 2.45) is 5.73 Å². The van der Waals surface area contributed by atoms with E-state index in [1.165, 1.54) is 4.31 Å². The van der Waals surface area contributed by atoms with Crippen LogP contribution in [0.3, 0.4) is 0 Å². The number of amides is 1. The Labute approximate surface area is 138 Å². The molecule has 1 unspecified atom stereocenters. The van der Waals surface area contributed by atoms with Gasteiger partial charge in [0.1, 0.15) is 6.04 Å². The van der Waals surface area contributed by atoms with E-state index in [-0.39, 0.29) is 5.91 Å². The molecule has 1 atom stereocenters. The highest BCUT2D eigenvalue weighted by atomic mass is 32.2. The fourth-order valence-corrected chi connectivity index (χ4v) is 5.37. The minimum Gasteiger partial charge on any atom is -0.353 e. The Kier molecular flexibility index (Phi) is 5.44. The van der Waals surface area contributed by atoms with Gasteiger partial charge in [-0.25, -0.2) is 8.42 Å². The fraction of sp³-hybridized carbons (Fsp3) is 0.562. The normalized spacial score (nSPS) is 19.0. The molecule has 2 rings (SSSR count). The first-order valence-corrected chi connectivity index (χ1v) is 9.30. The van der Waals surface area contributed by atoms with Crippen LogP contribution < -0.4 is 11.1 Å². The zero-order valence-electron chi connectivity index (χ0n) is 13.9. The molecule has 1 heterocycles. The van der Waals surface area contributed by atoms with Crippen LogP contribution in [0.25, 0.3) is 0 Å². The highest BCUT2D eigenvalue weighted by Gasteiger charge is 2.40. The van der Waals surface area contributed by atoms with Gasteiger partial charge in [0.05, 0.1) is 4.90 Å². The molecule has 0 spiro atoms. The van der Waals surface area contributed by atoms with Crippen LogP contribution in [-0.2, 0) is 14.8 Å².